The second-order valence-corrected chi connectivity index (χ2v) is 9.16. The molecule has 9 heteroatoms. The molecule has 0 spiro atoms. The molecule has 2 rings (SSSR count). The summed E-state index contributed by atoms with van der Waals surface area (Å²) < 4.78 is 38.4. The molecule has 1 unspecified atom stereocenters. The quantitative estimate of drug-likeness (QED) is 0.522. The number of hydrogen-bond donors (Lipinski definition) is 2. The Bertz CT molecular complexity index is 811. The van der Waals surface area contributed by atoms with Crippen molar-refractivity contribution < 1.29 is 17.6 Å². The summed E-state index contributed by atoms with van der Waals surface area (Å²) in [7, 11) is -3.75. The van der Waals surface area contributed by atoms with Gasteiger partial charge in [-0.1, -0.05) is 26.0 Å². The van der Waals surface area contributed by atoms with Crippen LogP contribution in [-0.2, 0) is 14.6 Å². The molecule has 0 saturated carbocycles. The van der Waals surface area contributed by atoms with Crippen molar-refractivity contribution in [1.29, 1.82) is 0 Å². The molecular formula is C19H29FN4O3S. The van der Waals surface area contributed by atoms with Crippen LogP contribution < -0.4 is 10.6 Å². The molecule has 2 N–H and O–H groups in total. The second kappa shape index (κ2) is 9.86. The van der Waals surface area contributed by atoms with Crippen LogP contribution >= 0.6 is 0 Å². The van der Waals surface area contributed by atoms with Crippen molar-refractivity contribution in [3.05, 3.63) is 30.1 Å². The van der Waals surface area contributed by atoms with E-state index >= 15 is 0 Å². The molecular weight excluding hydrogens is 383 g/mol. The lowest BCUT2D eigenvalue weighted by Gasteiger charge is -2.20. The first-order chi connectivity index (χ1) is 13.2. The normalized spacial score (nSPS) is 17.8. The molecule has 1 aliphatic rings. The predicted molar refractivity (Wildman–Crippen MR) is 107 cm³/mol. The fraction of sp³-hybridized carbons (Fsp3) is 0.579. The number of benzene rings is 1. The summed E-state index contributed by atoms with van der Waals surface area (Å²) in [4.78, 5) is 17.9. The molecule has 1 atom stereocenters. The van der Waals surface area contributed by atoms with Gasteiger partial charge in [-0.25, -0.2) is 12.8 Å². The van der Waals surface area contributed by atoms with E-state index in [1.807, 2.05) is 25.7 Å². The predicted octanol–water partition coefficient (Wildman–Crippen LogP) is 1.41. The first-order valence-corrected chi connectivity index (χ1v) is 11.2. The Morgan fingerprint density at radius 3 is 2.71 bits per heavy atom. The van der Waals surface area contributed by atoms with E-state index in [2.05, 4.69) is 15.6 Å². The fourth-order valence-corrected chi connectivity index (χ4v) is 4.24. The molecule has 1 aliphatic heterocycles. The zero-order valence-corrected chi connectivity index (χ0v) is 17.4. The van der Waals surface area contributed by atoms with E-state index < -0.39 is 15.7 Å². The number of nitrogens with zero attached hydrogens (tertiary/aromatic N) is 2. The number of halogens is 1. The molecule has 1 saturated heterocycles. The van der Waals surface area contributed by atoms with E-state index in [4.69, 9.17) is 0 Å². The number of sulfone groups is 1. The van der Waals surface area contributed by atoms with Gasteiger partial charge < -0.3 is 15.5 Å². The minimum Gasteiger partial charge on any atom is -0.357 e. The van der Waals surface area contributed by atoms with Gasteiger partial charge in [-0.2, -0.15) is 0 Å². The Morgan fingerprint density at radius 2 is 2.07 bits per heavy atom. The summed E-state index contributed by atoms with van der Waals surface area (Å²) in [5.74, 6) is -0.452. The van der Waals surface area contributed by atoms with Gasteiger partial charge in [-0.15, -0.1) is 0 Å². The lowest BCUT2D eigenvalue weighted by Crippen LogP contribution is -2.45. The van der Waals surface area contributed by atoms with Gasteiger partial charge in [0.2, 0.25) is 5.91 Å². The van der Waals surface area contributed by atoms with E-state index in [1.165, 1.54) is 18.2 Å². The van der Waals surface area contributed by atoms with Crippen LogP contribution in [0.1, 0.15) is 27.2 Å². The van der Waals surface area contributed by atoms with E-state index in [-0.39, 0.29) is 35.1 Å². The Kier molecular flexibility index (Phi) is 7.79. The molecule has 7 nitrogen and oxygen atoms in total. The van der Waals surface area contributed by atoms with Crippen molar-refractivity contribution in [1.82, 2.24) is 15.5 Å². The molecule has 1 aromatic rings. The zero-order chi connectivity index (χ0) is 20.7. The number of guanidine groups is 1. The van der Waals surface area contributed by atoms with Crippen LogP contribution in [0.15, 0.2) is 34.2 Å². The molecule has 0 aliphatic carbocycles. The van der Waals surface area contributed by atoms with Gasteiger partial charge in [-0.3, -0.25) is 9.79 Å². The molecule has 156 valence electrons. The molecule has 1 heterocycles. The van der Waals surface area contributed by atoms with Gasteiger partial charge in [0, 0.05) is 31.6 Å². The average molecular weight is 413 g/mol. The highest BCUT2D eigenvalue weighted by molar-refractivity contribution is 7.91. The van der Waals surface area contributed by atoms with Gasteiger partial charge in [-0.05, 0) is 25.5 Å². The van der Waals surface area contributed by atoms with Crippen LogP contribution in [0.4, 0.5) is 4.39 Å². The average Bonchev–Trinajstić information content (AvgIpc) is 3.09. The molecule has 0 bridgehead atoms. The van der Waals surface area contributed by atoms with Crippen molar-refractivity contribution >= 4 is 21.7 Å². The summed E-state index contributed by atoms with van der Waals surface area (Å²) in [5.41, 5.74) is 0. The smallest absolute Gasteiger partial charge is 0.225 e. The molecule has 0 aromatic heterocycles. The molecule has 1 aromatic carbocycles. The lowest BCUT2D eigenvalue weighted by molar-refractivity contribution is -0.133. The number of nitrogens with one attached hydrogen (secondary N) is 2. The Morgan fingerprint density at radius 1 is 1.36 bits per heavy atom. The summed E-state index contributed by atoms with van der Waals surface area (Å²) >= 11 is 0. The second-order valence-electron chi connectivity index (χ2n) is 7.08. The zero-order valence-electron chi connectivity index (χ0n) is 16.6. The number of hydrogen-bond acceptors (Lipinski definition) is 4. The van der Waals surface area contributed by atoms with Gasteiger partial charge >= 0.3 is 0 Å². The topological polar surface area (TPSA) is 90.9 Å². The third kappa shape index (κ3) is 5.92. The van der Waals surface area contributed by atoms with Crippen LogP contribution in [0.2, 0.25) is 0 Å². The SMILES string of the molecule is CCNC(=NCCS(=O)(=O)c1ccccc1F)NC1CCN(C(=O)C(C)C)C1. The lowest BCUT2D eigenvalue weighted by atomic mass is 10.2. The summed E-state index contributed by atoms with van der Waals surface area (Å²) in [6, 6.07) is 5.40. The summed E-state index contributed by atoms with van der Waals surface area (Å²) in [6.45, 7) is 7.58. The minimum atomic E-state index is -3.75. The molecule has 1 amide bonds. The van der Waals surface area contributed by atoms with Crippen molar-refractivity contribution in [2.45, 2.75) is 38.1 Å². The van der Waals surface area contributed by atoms with Crippen LogP contribution in [0, 0.1) is 11.7 Å². The van der Waals surface area contributed by atoms with Crippen LogP contribution in [-0.4, -0.2) is 63.2 Å². The molecule has 1 fully saturated rings. The first-order valence-electron chi connectivity index (χ1n) is 9.55. The first kappa shape index (κ1) is 22.1. The highest BCUT2D eigenvalue weighted by Crippen LogP contribution is 2.15. The third-order valence-corrected chi connectivity index (χ3v) is 6.20. The number of aliphatic imine (C=N–C) groups is 1. The van der Waals surface area contributed by atoms with Crippen LogP contribution in [0.25, 0.3) is 0 Å². The Hall–Kier alpha value is -2.16. The van der Waals surface area contributed by atoms with E-state index in [0.717, 1.165) is 12.5 Å². The van der Waals surface area contributed by atoms with E-state index in [1.54, 1.807) is 0 Å². The van der Waals surface area contributed by atoms with Crippen molar-refractivity contribution in [3.63, 3.8) is 0 Å². The van der Waals surface area contributed by atoms with Gasteiger partial charge in [0.25, 0.3) is 0 Å². The molecule has 0 radical (unpaired) electrons. The van der Waals surface area contributed by atoms with Gasteiger partial charge in [0.05, 0.1) is 12.3 Å². The maximum atomic E-state index is 13.7. The van der Waals surface area contributed by atoms with Gasteiger partial charge in [0.15, 0.2) is 15.8 Å². The highest BCUT2D eigenvalue weighted by atomic mass is 32.2. The van der Waals surface area contributed by atoms with Crippen LogP contribution in [0.5, 0.6) is 0 Å². The standard InChI is InChI=1S/C19H29FN4O3S/c1-4-21-19(23-15-9-11-24(13-15)18(25)14(2)3)22-10-12-28(26,27)17-8-6-5-7-16(17)20/h5-8,14-15H,4,9-13H2,1-3H3,(H2,21,22,23). The maximum Gasteiger partial charge on any atom is 0.225 e. The summed E-state index contributed by atoms with van der Waals surface area (Å²) in [6.07, 6.45) is 0.802. The molecule has 28 heavy (non-hydrogen) atoms. The van der Waals surface area contributed by atoms with Gasteiger partial charge in [0.1, 0.15) is 10.7 Å². The monoisotopic (exact) mass is 412 g/mol. The summed E-state index contributed by atoms with van der Waals surface area (Å²) in [5, 5.41) is 6.33. The third-order valence-electron chi connectivity index (χ3n) is 4.48. The van der Waals surface area contributed by atoms with E-state index in [9.17, 15) is 17.6 Å². The minimum absolute atomic E-state index is 0.00730. The van der Waals surface area contributed by atoms with Crippen LogP contribution in [0.3, 0.4) is 0 Å². The Labute approximate surface area is 166 Å². The largest absolute Gasteiger partial charge is 0.357 e. The van der Waals surface area contributed by atoms with E-state index in [0.29, 0.717) is 25.6 Å². The number of rotatable bonds is 7. The number of amides is 1. The van der Waals surface area contributed by atoms with Crippen molar-refractivity contribution in [3.8, 4) is 0 Å². The fourth-order valence-electron chi connectivity index (χ4n) is 3.04. The highest BCUT2D eigenvalue weighted by Gasteiger charge is 2.28. The number of carbonyl (C=O) groups is 1. The number of likely N-dealkylation sites (tertiary alicyclic amines) is 1. The Balaban J connectivity index is 1.96. The maximum absolute atomic E-state index is 13.7. The number of carbonyl (C=O) groups excluding carboxylic acids is 1. The van der Waals surface area contributed by atoms with Crippen molar-refractivity contribution in [2.24, 2.45) is 10.9 Å². The van der Waals surface area contributed by atoms with Crippen molar-refractivity contribution in [2.75, 3.05) is 31.9 Å².